The molecule has 1 aromatic carbocycles. The van der Waals surface area contributed by atoms with Crippen LogP contribution in [0.4, 0.5) is 0 Å². The first-order valence-corrected chi connectivity index (χ1v) is 7.77. The van der Waals surface area contributed by atoms with Crippen LogP contribution in [0.25, 0.3) is 0 Å². The predicted molar refractivity (Wildman–Crippen MR) is 82.2 cm³/mol. The lowest BCUT2D eigenvalue weighted by Crippen LogP contribution is -2.42. The van der Waals surface area contributed by atoms with Crippen LogP contribution in [-0.4, -0.2) is 30.7 Å². The summed E-state index contributed by atoms with van der Waals surface area (Å²) in [4.78, 5) is 2.62. The Balaban J connectivity index is 1.72. The Morgan fingerprint density at radius 3 is 2.79 bits per heavy atom. The lowest BCUT2D eigenvalue weighted by Gasteiger charge is -2.25. The largest absolute Gasteiger partial charge is 0.302 e. The van der Waals surface area contributed by atoms with Gasteiger partial charge >= 0.3 is 0 Å². The van der Waals surface area contributed by atoms with Crippen LogP contribution in [0.5, 0.6) is 0 Å². The summed E-state index contributed by atoms with van der Waals surface area (Å²) in [5, 5.41) is 3.73. The van der Waals surface area contributed by atoms with E-state index in [1.807, 2.05) is 0 Å². The maximum atomic E-state index is 3.73. The molecule has 0 radical (unpaired) electrons. The van der Waals surface area contributed by atoms with E-state index in [0.29, 0.717) is 6.17 Å². The van der Waals surface area contributed by atoms with Crippen LogP contribution in [0, 0.1) is 5.92 Å². The molecular weight excluding hydrogens is 232 g/mol. The van der Waals surface area contributed by atoms with Gasteiger partial charge in [-0.1, -0.05) is 44.2 Å². The van der Waals surface area contributed by atoms with Gasteiger partial charge in [-0.3, -0.25) is 4.90 Å². The van der Waals surface area contributed by atoms with Gasteiger partial charge in [-0.2, -0.15) is 0 Å². The molecule has 1 fully saturated rings. The molecule has 2 rings (SSSR count). The molecule has 2 heteroatoms. The minimum Gasteiger partial charge on any atom is -0.302 e. The number of likely N-dealkylation sites (tertiary alicyclic amines) is 1. The molecule has 1 atom stereocenters. The van der Waals surface area contributed by atoms with Crippen LogP contribution in [0.3, 0.4) is 0 Å². The minimum absolute atomic E-state index is 0.613. The van der Waals surface area contributed by atoms with E-state index < -0.39 is 0 Å². The van der Waals surface area contributed by atoms with Crippen LogP contribution in [0.1, 0.15) is 38.7 Å². The molecule has 1 N–H and O–H groups in total. The zero-order valence-corrected chi connectivity index (χ0v) is 12.4. The lowest BCUT2D eigenvalue weighted by atomic mass is 10.1. The Morgan fingerprint density at radius 1 is 1.26 bits per heavy atom. The van der Waals surface area contributed by atoms with Gasteiger partial charge in [0.25, 0.3) is 0 Å². The van der Waals surface area contributed by atoms with Gasteiger partial charge in [-0.05, 0) is 50.3 Å². The van der Waals surface area contributed by atoms with E-state index in [0.717, 1.165) is 12.5 Å². The van der Waals surface area contributed by atoms with Crippen molar-refractivity contribution in [1.29, 1.82) is 0 Å². The lowest BCUT2D eigenvalue weighted by molar-refractivity contribution is 0.218. The van der Waals surface area contributed by atoms with Crippen molar-refractivity contribution in [3.8, 4) is 0 Å². The summed E-state index contributed by atoms with van der Waals surface area (Å²) in [6.07, 6.45) is 5.72. The summed E-state index contributed by atoms with van der Waals surface area (Å²) < 4.78 is 0. The summed E-state index contributed by atoms with van der Waals surface area (Å²) >= 11 is 0. The number of nitrogens with zero attached hydrogens (tertiary/aromatic N) is 1. The molecule has 0 amide bonds. The van der Waals surface area contributed by atoms with Gasteiger partial charge < -0.3 is 5.32 Å². The topological polar surface area (TPSA) is 15.3 Å². The Hall–Kier alpha value is -0.860. The highest BCUT2D eigenvalue weighted by atomic mass is 15.3. The monoisotopic (exact) mass is 260 g/mol. The SMILES string of the molecule is CC(C)CCNC1CCCN1CCc1ccccc1. The van der Waals surface area contributed by atoms with Gasteiger partial charge in [0.2, 0.25) is 0 Å². The second kappa shape index (κ2) is 7.66. The zero-order valence-electron chi connectivity index (χ0n) is 12.4. The molecule has 2 nitrogen and oxygen atoms in total. The Labute approximate surface area is 118 Å². The van der Waals surface area contributed by atoms with Crippen molar-refractivity contribution < 1.29 is 0 Å². The average molecular weight is 260 g/mol. The summed E-state index contributed by atoms with van der Waals surface area (Å²) in [7, 11) is 0. The van der Waals surface area contributed by atoms with Crippen molar-refractivity contribution in [2.24, 2.45) is 5.92 Å². The first kappa shape index (κ1) is 14.5. The molecule has 1 unspecified atom stereocenters. The summed E-state index contributed by atoms with van der Waals surface area (Å²) in [5.74, 6) is 0.798. The molecule has 0 spiro atoms. The fourth-order valence-corrected chi connectivity index (χ4v) is 2.78. The van der Waals surface area contributed by atoms with Crippen LogP contribution in [-0.2, 0) is 6.42 Å². The second-order valence-electron chi connectivity index (χ2n) is 6.07. The standard InChI is InChI=1S/C17H28N2/c1-15(2)10-12-18-17-9-6-13-19(17)14-11-16-7-4-3-5-8-16/h3-5,7-8,15,17-18H,6,9-14H2,1-2H3. The second-order valence-corrected chi connectivity index (χ2v) is 6.07. The van der Waals surface area contributed by atoms with E-state index in [1.165, 1.54) is 44.3 Å². The van der Waals surface area contributed by atoms with E-state index in [4.69, 9.17) is 0 Å². The van der Waals surface area contributed by atoms with Crippen molar-refractivity contribution in [2.45, 2.75) is 45.7 Å². The summed E-state index contributed by atoms with van der Waals surface area (Å²) in [6.45, 7) is 8.19. The number of rotatable bonds is 7. The van der Waals surface area contributed by atoms with Crippen LogP contribution in [0.15, 0.2) is 30.3 Å². The Bertz CT molecular complexity index is 348. The third kappa shape index (κ3) is 4.96. The van der Waals surface area contributed by atoms with Crippen LogP contribution >= 0.6 is 0 Å². The van der Waals surface area contributed by atoms with Gasteiger partial charge in [-0.25, -0.2) is 0 Å². The number of benzene rings is 1. The fraction of sp³-hybridized carbons (Fsp3) is 0.647. The fourth-order valence-electron chi connectivity index (χ4n) is 2.78. The van der Waals surface area contributed by atoms with Gasteiger partial charge in [0.15, 0.2) is 0 Å². The molecule has 0 aromatic heterocycles. The van der Waals surface area contributed by atoms with Crippen molar-refractivity contribution in [3.05, 3.63) is 35.9 Å². The third-order valence-corrected chi connectivity index (χ3v) is 4.00. The maximum absolute atomic E-state index is 3.73. The first-order valence-electron chi connectivity index (χ1n) is 7.77. The molecule has 0 aliphatic carbocycles. The Kier molecular flexibility index (Phi) is 5.87. The molecule has 0 saturated carbocycles. The van der Waals surface area contributed by atoms with E-state index in [9.17, 15) is 0 Å². The predicted octanol–water partition coefficient (Wildman–Crippen LogP) is 3.29. The minimum atomic E-state index is 0.613. The first-order chi connectivity index (χ1) is 9.25. The number of nitrogens with one attached hydrogen (secondary N) is 1. The van der Waals surface area contributed by atoms with E-state index in [1.54, 1.807) is 0 Å². The maximum Gasteiger partial charge on any atom is 0.0597 e. The highest BCUT2D eigenvalue weighted by Gasteiger charge is 2.23. The van der Waals surface area contributed by atoms with E-state index in [-0.39, 0.29) is 0 Å². The van der Waals surface area contributed by atoms with Gasteiger partial charge in [-0.15, -0.1) is 0 Å². The van der Waals surface area contributed by atoms with Crippen LogP contribution < -0.4 is 5.32 Å². The van der Waals surface area contributed by atoms with E-state index >= 15 is 0 Å². The smallest absolute Gasteiger partial charge is 0.0597 e. The molecule has 1 heterocycles. The zero-order chi connectivity index (χ0) is 13.5. The number of hydrogen-bond acceptors (Lipinski definition) is 2. The van der Waals surface area contributed by atoms with Gasteiger partial charge in [0.05, 0.1) is 6.17 Å². The van der Waals surface area contributed by atoms with Crippen molar-refractivity contribution >= 4 is 0 Å². The normalized spacial score (nSPS) is 20.3. The van der Waals surface area contributed by atoms with Crippen molar-refractivity contribution in [1.82, 2.24) is 10.2 Å². The summed E-state index contributed by atoms with van der Waals surface area (Å²) in [6, 6.07) is 10.8. The van der Waals surface area contributed by atoms with E-state index in [2.05, 4.69) is 54.4 Å². The highest BCUT2D eigenvalue weighted by Crippen LogP contribution is 2.16. The van der Waals surface area contributed by atoms with Crippen molar-refractivity contribution in [2.75, 3.05) is 19.6 Å². The summed E-state index contributed by atoms with van der Waals surface area (Å²) in [5.41, 5.74) is 1.45. The molecule has 1 aliphatic rings. The number of hydrogen-bond donors (Lipinski definition) is 1. The highest BCUT2D eigenvalue weighted by molar-refractivity contribution is 5.14. The van der Waals surface area contributed by atoms with Crippen molar-refractivity contribution in [3.63, 3.8) is 0 Å². The quantitative estimate of drug-likeness (QED) is 0.809. The molecule has 0 bridgehead atoms. The molecule has 1 saturated heterocycles. The molecular formula is C17H28N2. The van der Waals surface area contributed by atoms with Gasteiger partial charge in [0.1, 0.15) is 0 Å². The van der Waals surface area contributed by atoms with Crippen LogP contribution in [0.2, 0.25) is 0 Å². The Morgan fingerprint density at radius 2 is 2.05 bits per heavy atom. The average Bonchev–Trinajstić information content (AvgIpc) is 2.85. The third-order valence-electron chi connectivity index (χ3n) is 4.00. The molecule has 106 valence electrons. The molecule has 1 aliphatic heterocycles. The van der Waals surface area contributed by atoms with Gasteiger partial charge in [0, 0.05) is 6.54 Å². The molecule has 1 aromatic rings. The molecule has 19 heavy (non-hydrogen) atoms.